The fraction of sp³-hybridized carbons (Fsp3) is 0.836. The first kappa shape index (κ1) is 72.6. The Morgan fingerprint density at radius 1 is 0.637 bits per heavy atom. The highest BCUT2D eigenvalue weighted by atomic mass is 16.7. The zero-order valence-corrected chi connectivity index (χ0v) is 49.2. The van der Waals surface area contributed by atoms with Crippen molar-refractivity contribution in [3.63, 3.8) is 0 Å². The fourth-order valence-electron chi connectivity index (χ4n) is 9.73. The minimum absolute atomic E-state index is 0.180. The Bertz CT molecular complexity index is 1710. The highest BCUT2D eigenvalue weighted by Crippen LogP contribution is 2.26. The Labute approximate surface area is 479 Å². The lowest BCUT2D eigenvalue weighted by molar-refractivity contribution is -0.548. The highest BCUT2D eigenvalue weighted by Gasteiger charge is 2.47. The van der Waals surface area contributed by atoms with Crippen molar-refractivity contribution in [3.8, 4) is 0 Å². The number of benzene rings is 1. The second kappa shape index (κ2) is 45.0. The second-order valence-corrected chi connectivity index (χ2v) is 22.6. The summed E-state index contributed by atoms with van der Waals surface area (Å²) in [5, 5.41) is 101. The predicted octanol–water partition coefficient (Wildman–Crippen LogP) is 8.04. The van der Waals surface area contributed by atoms with Crippen LogP contribution in [0.4, 0.5) is 4.79 Å². The Morgan fingerprint density at radius 3 is 1.55 bits per heavy atom. The van der Waals surface area contributed by atoms with Gasteiger partial charge in [-0.15, -0.1) is 0 Å². The molecule has 80 heavy (non-hydrogen) atoms. The molecule has 1 aromatic carbocycles. The third-order valence-electron chi connectivity index (χ3n) is 15.2. The van der Waals surface area contributed by atoms with E-state index in [1.54, 1.807) is 31.2 Å². The lowest BCUT2D eigenvalue weighted by Gasteiger charge is -2.42. The maximum absolute atomic E-state index is 13.9. The lowest BCUT2D eigenvalue weighted by Crippen LogP contribution is -2.62. The van der Waals surface area contributed by atoms with Gasteiger partial charge < -0.3 is 75.6 Å². The van der Waals surface area contributed by atoms with Crippen LogP contribution in [-0.4, -0.2) is 163 Å². The SMILES string of the molecule is CCCCCCCCCCCCCCCCCCC(=O)OC[C@@](C)(COC(=O)NCCCCCCCCCCCCCCCCC)/[N+]([O-])=C/c1ccc(CNC(=O)C(O)[C@@H](O)[C@@H](O[C@@H]2OC(CO)[C@H](O)[C@H](O)C2O)C(O)CO)cc1. The molecule has 1 aliphatic rings. The van der Waals surface area contributed by atoms with Gasteiger partial charge in [-0.2, -0.15) is 4.74 Å². The molecule has 10 N–H and O–H groups in total. The molecule has 1 heterocycles. The van der Waals surface area contributed by atoms with E-state index in [0.717, 1.165) is 38.5 Å². The Kier molecular flexibility index (Phi) is 40.8. The van der Waals surface area contributed by atoms with E-state index >= 15 is 0 Å². The molecule has 1 aliphatic heterocycles. The predicted molar refractivity (Wildman–Crippen MR) is 309 cm³/mol. The van der Waals surface area contributed by atoms with Crippen molar-refractivity contribution in [1.82, 2.24) is 10.6 Å². The van der Waals surface area contributed by atoms with Gasteiger partial charge >= 0.3 is 12.1 Å². The van der Waals surface area contributed by atoms with Gasteiger partial charge in [0, 0.05) is 32.0 Å². The molecule has 464 valence electrons. The van der Waals surface area contributed by atoms with Crippen LogP contribution in [0.2, 0.25) is 0 Å². The van der Waals surface area contributed by atoms with Crippen LogP contribution in [0.1, 0.15) is 237 Å². The van der Waals surface area contributed by atoms with E-state index in [2.05, 4.69) is 24.5 Å². The van der Waals surface area contributed by atoms with Gasteiger partial charge in [-0.1, -0.05) is 212 Å². The molecule has 4 unspecified atom stereocenters. The number of rotatable bonds is 49. The standard InChI is InChI=1S/C61H109N3O16/c1-4-6-8-10-12-14-16-18-20-21-23-25-27-29-31-33-35-51(68)77-45-61(3,46-78-60(75)62-40-34-32-30-28-26-24-22-19-17-15-13-11-9-7-5-2)64(76)42-48-38-36-47(37-39-48)41-63-58(74)55(72)54(71)57(49(67)43-65)80-59-56(73)53(70)52(69)50(44-66)79-59/h36-39,42,49-50,52-57,59,65-67,69-73H,4-35,40-41,43-46H2,1-3H3,(H,62,75)(H,63,74)/b64-42-/t49?,50?,52-,53-,54+,55?,56?,57-,59-,61-/m0/s1. The van der Waals surface area contributed by atoms with E-state index in [-0.39, 0.29) is 26.2 Å². The summed E-state index contributed by atoms with van der Waals surface area (Å²) in [4.78, 5) is 38.8. The van der Waals surface area contributed by atoms with Crippen molar-refractivity contribution in [3.05, 3.63) is 40.6 Å². The molecule has 19 heteroatoms. The smallest absolute Gasteiger partial charge is 0.407 e. The molecule has 1 saturated heterocycles. The number of alkyl carbamates (subject to hydrolysis) is 1. The molecule has 10 atom stereocenters. The number of aliphatic hydroxyl groups excluding tert-OH is 8. The number of amides is 2. The van der Waals surface area contributed by atoms with Crippen molar-refractivity contribution in [2.24, 2.45) is 0 Å². The number of nitrogens with one attached hydrogen (secondary N) is 2. The van der Waals surface area contributed by atoms with Crippen LogP contribution in [0, 0.1) is 5.21 Å². The summed E-state index contributed by atoms with van der Waals surface area (Å²) in [6.45, 7) is 3.73. The van der Waals surface area contributed by atoms with Gasteiger partial charge in [0.15, 0.2) is 31.8 Å². The Balaban J connectivity index is 1.93. The van der Waals surface area contributed by atoms with Crippen LogP contribution in [0.25, 0.3) is 0 Å². The van der Waals surface area contributed by atoms with Crippen LogP contribution in [-0.2, 0) is 35.1 Å². The molecular weight excluding hydrogens is 1030 g/mol. The number of esters is 1. The maximum atomic E-state index is 13.9. The molecular formula is C61H109N3O16. The minimum atomic E-state index is -2.26. The van der Waals surface area contributed by atoms with Crippen molar-refractivity contribution in [2.75, 3.05) is 33.0 Å². The zero-order chi connectivity index (χ0) is 58.8. The first-order chi connectivity index (χ1) is 38.6. The molecule has 0 saturated carbocycles. The summed E-state index contributed by atoms with van der Waals surface area (Å²) >= 11 is 0. The summed E-state index contributed by atoms with van der Waals surface area (Å²) in [6, 6.07) is 6.32. The average molecular weight is 1140 g/mol. The number of hydrogen-bond acceptors (Lipinski definition) is 16. The molecule has 0 radical (unpaired) electrons. The van der Waals surface area contributed by atoms with E-state index in [4.69, 9.17) is 18.9 Å². The largest absolute Gasteiger partial charge is 0.623 e. The van der Waals surface area contributed by atoms with Gasteiger partial charge in [-0.25, -0.2) is 4.79 Å². The topological polar surface area (TPSA) is 300 Å². The quantitative estimate of drug-likeness (QED) is 0.00737. The number of hydroxylamine groups is 1. The van der Waals surface area contributed by atoms with Gasteiger partial charge in [-0.05, 0) is 30.5 Å². The summed E-state index contributed by atoms with van der Waals surface area (Å²) in [5.41, 5.74) is -0.590. The number of carbonyl (C=O) groups is 3. The van der Waals surface area contributed by atoms with Gasteiger partial charge in [-0.3, -0.25) is 9.59 Å². The van der Waals surface area contributed by atoms with Crippen LogP contribution < -0.4 is 10.6 Å². The van der Waals surface area contributed by atoms with Crippen LogP contribution in [0.5, 0.6) is 0 Å². The van der Waals surface area contributed by atoms with Crippen molar-refractivity contribution < 1.29 is 78.9 Å². The Hall–Kier alpha value is -3.50. The van der Waals surface area contributed by atoms with Crippen LogP contribution in [0.15, 0.2) is 24.3 Å². The molecule has 0 bridgehead atoms. The first-order valence-electron chi connectivity index (χ1n) is 31.0. The molecule has 19 nitrogen and oxygen atoms in total. The van der Waals surface area contributed by atoms with Gasteiger partial charge in [0.2, 0.25) is 5.54 Å². The van der Waals surface area contributed by atoms with Gasteiger partial charge in [0.1, 0.15) is 42.7 Å². The number of carbonyl (C=O) groups excluding carboxylic acids is 3. The van der Waals surface area contributed by atoms with Gasteiger partial charge in [0.05, 0.1) is 13.2 Å². The monoisotopic (exact) mass is 1140 g/mol. The summed E-state index contributed by atoms with van der Waals surface area (Å²) in [6.07, 6.45) is 21.6. The van der Waals surface area contributed by atoms with Gasteiger partial charge in [0.25, 0.3) is 5.91 Å². The van der Waals surface area contributed by atoms with E-state index < -0.39 is 91.8 Å². The van der Waals surface area contributed by atoms with Crippen molar-refractivity contribution in [1.29, 1.82) is 0 Å². The van der Waals surface area contributed by atoms with Crippen molar-refractivity contribution >= 4 is 24.2 Å². The molecule has 0 spiro atoms. The normalized spacial score (nSPS) is 19.9. The number of aliphatic hydroxyl groups is 8. The van der Waals surface area contributed by atoms with E-state index in [1.165, 1.54) is 160 Å². The number of ether oxygens (including phenoxy) is 4. The molecule has 0 aromatic heterocycles. The summed E-state index contributed by atoms with van der Waals surface area (Å²) in [7, 11) is 0. The molecule has 2 rings (SSSR count). The lowest BCUT2D eigenvalue weighted by atomic mass is 9.98. The third kappa shape index (κ3) is 31.2. The first-order valence-corrected chi connectivity index (χ1v) is 31.0. The minimum Gasteiger partial charge on any atom is -0.623 e. The third-order valence-corrected chi connectivity index (χ3v) is 15.2. The van der Waals surface area contributed by atoms with E-state index in [9.17, 15) is 60.4 Å². The summed E-state index contributed by atoms with van der Waals surface area (Å²) < 4.78 is 22.4. The second-order valence-electron chi connectivity index (χ2n) is 22.6. The van der Waals surface area contributed by atoms with E-state index in [0.29, 0.717) is 28.8 Å². The van der Waals surface area contributed by atoms with Crippen molar-refractivity contribution in [2.45, 2.75) is 293 Å². The molecule has 1 aromatic rings. The molecule has 1 fully saturated rings. The fourth-order valence-corrected chi connectivity index (χ4v) is 9.73. The zero-order valence-electron chi connectivity index (χ0n) is 49.2. The molecule has 2 amide bonds. The average Bonchev–Trinajstić information content (AvgIpc) is 3.46. The van der Waals surface area contributed by atoms with Crippen LogP contribution >= 0.6 is 0 Å². The molecule has 0 aliphatic carbocycles. The highest BCUT2D eigenvalue weighted by molar-refractivity contribution is 5.81. The number of hydrogen-bond donors (Lipinski definition) is 10. The number of unbranched alkanes of at least 4 members (excludes halogenated alkanes) is 29. The number of nitrogens with zero attached hydrogens (tertiary/aromatic N) is 1. The Morgan fingerprint density at radius 2 is 1.09 bits per heavy atom. The summed E-state index contributed by atoms with van der Waals surface area (Å²) in [5.74, 6) is -1.57. The van der Waals surface area contributed by atoms with Crippen LogP contribution in [0.3, 0.4) is 0 Å². The maximum Gasteiger partial charge on any atom is 0.407 e. The van der Waals surface area contributed by atoms with E-state index in [1.807, 2.05) is 0 Å².